The van der Waals surface area contributed by atoms with Crippen LogP contribution in [0.1, 0.15) is 18.9 Å². The molecule has 8 heteroatoms. The van der Waals surface area contributed by atoms with Crippen LogP contribution in [-0.4, -0.2) is 24.9 Å². The zero-order chi connectivity index (χ0) is 15.9. The number of benzene rings is 1. The van der Waals surface area contributed by atoms with Crippen molar-refractivity contribution in [3.63, 3.8) is 0 Å². The fraction of sp³-hybridized carbons (Fsp3) is 0.462. The first-order valence-electron chi connectivity index (χ1n) is 6.34. The Kier molecular flexibility index (Phi) is 7.41. The van der Waals surface area contributed by atoms with Crippen LogP contribution in [0.5, 0.6) is 0 Å². The van der Waals surface area contributed by atoms with Crippen molar-refractivity contribution in [2.45, 2.75) is 19.5 Å². The summed E-state index contributed by atoms with van der Waals surface area (Å²) in [5, 5.41) is 5.93. The van der Waals surface area contributed by atoms with E-state index in [1.54, 1.807) is 0 Å². The van der Waals surface area contributed by atoms with Crippen molar-refractivity contribution in [2.75, 3.05) is 25.1 Å². The van der Waals surface area contributed by atoms with E-state index < -0.39 is 11.7 Å². The second kappa shape index (κ2) is 8.55. The number of ether oxygens (including phenoxy) is 1. The lowest BCUT2D eigenvalue weighted by Crippen LogP contribution is -2.30. The van der Waals surface area contributed by atoms with E-state index in [9.17, 15) is 13.2 Å². The van der Waals surface area contributed by atoms with Gasteiger partial charge in [-0.1, -0.05) is 0 Å². The maximum atomic E-state index is 12.7. The molecule has 0 aliphatic carbocycles. The summed E-state index contributed by atoms with van der Waals surface area (Å²) in [6, 6.07) is 3.36. The summed E-state index contributed by atoms with van der Waals surface area (Å²) < 4.78 is 43.6. The molecule has 0 aliphatic heterocycles. The largest absolute Gasteiger partial charge is 0.416 e. The molecule has 0 bridgehead atoms. The molecule has 3 nitrogen and oxygen atoms in total. The van der Waals surface area contributed by atoms with E-state index in [-0.39, 0.29) is 10.8 Å². The summed E-state index contributed by atoms with van der Waals surface area (Å²) in [5.74, 6) is 0. The molecule has 0 atom stereocenters. The topological polar surface area (TPSA) is 33.3 Å². The number of rotatable bonds is 6. The molecule has 0 radical (unpaired) electrons. The van der Waals surface area contributed by atoms with Crippen LogP contribution in [0.25, 0.3) is 0 Å². The van der Waals surface area contributed by atoms with E-state index in [2.05, 4.69) is 26.6 Å². The van der Waals surface area contributed by atoms with Gasteiger partial charge in [-0.05, 0) is 59.7 Å². The molecule has 0 fully saturated rings. The van der Waals surface area contributed by atoms with Crippen molar-refractivity contribution in [1.82, 2.24) is 5.32 Å². The smallest absolute Gasteiger partial charge is 0.382 e. The Hall–Kier alpha value is -0.860. The van der Waals surface area contributed by atoms with Gasteiger partial charge in [-0.25, -0.2) is 0 Å². The van der Waals surface area contributed by atoms with Crippen molar-refractivity contribution < 1.29 is 17.9 Å². The molecule has 0 saturated heterocycles. The second-order valence-corrected chi connectivity index (χ2v) is 5.39. The number of thiocarbonyl (C=S) groups is 1. The minimum absolute atomic E-state index is 0.270. The summed E-state index contributed by atoms with van der Waals surface area (Å²) in [4.78, 5) is 0. The molecule has 1 aromatic carbocycles. The zero-order valence-electron chi connectivity index (χ0n) is 11.4. The standard InChI is InChI=1S/C13H16BrF3N2OS/c1-2-20-7-3-6-18-12(21)19-11-8-9(13(15,16)17)4-5-10(11)14/h4-5,8H,2-3,6-7H2,1H3,(H2,18,19,21). The highest BCUT2D eigenvalue weighted by molar-refractivity contribution is 9.10. The van der Waals surface area contributed by atoms with Gasteiger partial charge in [0.1, 0.15) is 0 Å². The summed E-state index contributed by atoms with van der Waals surface area (Å²) in [5.41, 5.74) is -0.459. The van der Waals surface area contributed by atoms with Crippen molar-refractivity contribution in [3.05, 3.63) is 28.2 Å². The lowest BCUT2D eigenvalue weighted by Gasteiger charge is -2.14. The quantitative estimate of drug-likeness (QED) is 0.569. The van der Waals surface area contributed by atoms with Gasteiger partial charge >= 0.3 is 6.18 Å². The number of nitrogens with one attached hydrogen (secondary N) is 2. The molecular formula is C13H16BrF3N2OS. The fourth-order valence-electron chi connectivity index (χ4n) is 1.48. The Morgan fingerprint density at radius 3 is 2.71 bits per heavy atom. The average molecular weight is 385 g/mol. The summed E-state index contributed by atoms with van der Waals surface area (Å²) in [7, 11) is 0. The van der Waals surface area contributed by atoms with Gasteiger partial charge < -0.3 is 15.4 Å². The number of hydrogen-bond acceptors (Lipinski definition) is 2. The van der Waals surface area contributed by atoms with Gasteiger partial charge in [0.25, 0.3) is 0 Å². The molecule has 2 N–H and O–H groups in total. The number of anilines is 1. The molecule has 21 heavy (non-hydrogen) atoms. The van der Waals surface area contributed by atoms with Crippen LogP contribution >= 0.6 is 28.1 Å². The SMILES string of the molecule is CCOCCCNC(=S)Nc1cc(C(F)(F)F)ccc1Br. The molecule has 0 aromatic heterocycles. The Morgan fingerprint density at radius 1 is 1.38 bits per heavy atom. The highest BCUT2D eigenvalue weighted by atomic mass is 79.9. The lowest BCUT2D eigenvalue weighted by molar-refractivity contribution is -0.137. The molecule has 0 unspecified atom stereocenters. The van der Waals surface area contributed by atoms with Gasteiger partial charge in [0.05, 0.1) is 11.3 Å². The summed E-state index contributed by atoms with van der Waals surface area (Å²) in [6.45, 7) is 3.76. The molecule has 0 saturated carbocycles. The minimum Gasteiger partial charge on any atom is -0.382 e. The summed E-state index contributed by atoms with van der Waals surface area (Å²) >= 11 is 8.24. The Balaban J connectivity index is 2.55. The Labute approximate surface area is 135 Å². The van der Waals surface area contributed by atoms with E-state index in [1.165, 1.54) is 6.07 Å². The predicted molar refractivity (Wildman–Crippen MR) is 84.5 cm³/mol. The predicted octanol–water partition coefficient (Wildman–Crippen LogP) is 4.18. The Morgan fingerprint density at radius 2 is 2.10 bits per heavy atom. The molecule has 1 aromatic rings. The van der Waals surface area contributed by atoms with Crippen LogP contribution < -0.4 is 10.6 Å². The highest BCUT2D eigenvalue weighted by Gasteiger charge is 2.30. The molecule has 1 rings (SSSR count). The third kappa shape index (κ3) is 6.62. The number of hydrogen-bond donors (Lipinski definition) is 2. The van der Waals surface area contributed by atoms with Gasteiger partial charge in [-0.3, -0.25) is 0 Å². The van der Waals surface area contributed by atoms with Crippen molar-refractivity contribution in [1.29, 1.82) is 0 Å². The first-order valence-corrected chi connectivity index (χ1v) is 7.54. The fourth-order valence-corrected chi connectivity index (χ4v) is 2.04. The first-order chi connectivity index (χ1) is 9.84. The number of halogens is 4. The normalized spacial score (nSPS) is 11.3. The molecular weight excluding hydrogens is 369 g/mol. The van der Waals surface area contributed by atoms with Crippen LogP contribution in [-0.2, 0) is 10.9 Å². The Bertz CT molecular complexity index is 483. The molecule has 0 aliphatic rings. The van der Waals surface area contributed by atoms with E-state index in [0.717, 1.165) is 18.6 Å². The van der Waals surface area contributed by atoms with Crippen LogP contribution in [0, 0.1) is 0 Å². The van der Waals surface area contributed by atoms with Crippen molar-refractivity contribution in [3.8, 4) is 0 Å². The van der Waals surface area contributed by atoms with Gasteiger partial charge in [0, 0.05) is 24.2 Å². The molecule has 0 spiro atoms. The van der Waals surface area contributed by atoms with Crippen molar-refractivity contribution in [2.24, 2.45) is 0 Å². The van der Waals surface area contributed by atoms with E-state index in [4.69, 9.17) is 17.0 Å². The molecule has 0 heterocycles. The van der Waals surface area contributed by atoms with E-state index >= 15 is 0 Å². The third-order valence-electron chi connectivity index (χ3n) is 2.50. The van der Waals surface area contributed by atoms with Gasteiger partial charge in [0.2, 0.25) is 0 Å². The zero-order valence-corrected chi connectivity index (χ0v) is 13.8. The highest BCUT2D eigenvalue weighted by Crippen LogP contribution is 2.33. The molecule has 0 amide bonds. The first kappa shape index (κ1) is 18.2. The minimum atomic E-state index is -4.39. The number of alkyl halides is 3. The van der Waals surface area contributed by atoms with Crippen LogP contribution in [0.4, 0.5) is 18.9 Å². The van der Waals surface area contributed by atoms with E-state index in [0.29, 0.717) is 24.2 Å². The van der Waals surface area contributed by atoms with Gasteiger partial charge in [-0.2, -0.15) is 13.2 Å². The third-order valence-corrected chi connectivity index (χ3v) is 3.43. The second-order valence-electron chi connectivity index (χ2n) is 4.12. The maximum absolute atomic E-state index is 12.7. The van der Waals surface area contributed by atoms with E-state index in [1.807, 2.05) is 6.92 Å². The van der Waals surface area contributed by atoms with Crippen LogP contribution in [0.2, 0.25) is 0 Å². The summed E-state index contributed by atoms with van der Waals surface area (Å²) in [6.07, 6.45) is -3.62. The maximum Gasteiger partial charge on any atom is 0.416 e. The monoisotopic (exact) mass is 384 g/mol. The van der Waals surface area contributed by atoms with Crippen LogP contribution in [0.15, 0.2) is 22.7 Å². The lowest BCUT2D eigenvalue weighted by atomic mass is 10.2. The van der Waals surface area contributed by atoms with Gasteiger partial charge in [-0.15, -0.1) is 0 Å². The molecule has 118 valence electrons. The van der Waals surface area contributed by atoms with Crippen LogP contribution in [0.3, 0.4) is 0 Å². The van der Waals surface area contributed by atoms with Crippen molar-refractivity contribution >= 4 is 38.9 Å². The average Bonchev–Trinajstić information content (AvgIpc) is 2.40. The van der Waals surface area contributed by atoms with Gasteiger partial charge in [0.15, 0.2) is 5.11 Å².